The molecule has 3 heteroatoms. The molecule has 0 unspecified atom stereocenters. The molecule has 0 atom stereocenters. The molecule has 0 spiro atoms. The normalized spacial score (nSPS) is 16.4. The van der Waals surface area contributed by atoms with Crippen LogP contribution in [0.25, 0.3) is 0 Å². The molecule has 2 rings (SSSR count). The molecule has 1 saturated heterocycles. The van der Waals surface area contributed by atoms with Crippen molar-refractivity contribution in [2.24, 2.45) is 0 Å². The van der Waals surface area contributed by atoms with Gasteiger partial charge in [0.05, 0.1) is 0 Å². The van der Waals surface area contributed by atoms with Crippen molar-refractivity contribution in [3.8, 4) is 0 Å². The molecule has 2 nitrogen and oxygen atoms in total. The summed E-state index contributed by atoms with van der Waals surface area (Å²) in [5, 5.41) is 0. The van der Waals surface area contributed by atoms with Gasteiger partial charge in [0.2, 0.25) is 0 Å². The minimum atomic E-state index is 1.09. The Morgan fingerprint density at radius 2 is 1.81 bits per heavy atom. The van der Waals surface area contributed by atoms with Gasteiger partial charge in [-0.25, -0.2) is 4.31 Å². The first-order valence-corrected chi connectivity index (χ1v) is 6.97. The Balaban J connectivity index is 0.000000606. The van der Waals surface area contributed by atoms with Crippen molar-refractivity contribution in [1.29, 1.82) is 0 Å². The van der Waals surface area contributed by atoms with Crippen molar-refractivity contribution in [1.82, 2.24) is 9.29 Å². The Bertz CT molecular complexity index is 278. The molecule has 0 amide bonds. The summed E-state index contributed by atoms with van der Waals surface area (Å²) in [6.07, 6.45) is 6.04. The number of rotatable bonds is 2. The van der Waals surface area contributed by atoms with Crippen molar-refractivity contribution in [2.75, 3.05) is 13.1 Å². The highest BCUT2D eigenvalue weighted by atomic mass is 32.2. The van der Waals surface area contributed by atoms with Crippen LogP contribution in [0.15, 0.2) is 23.2 Å². The maximum atomic E-state index is 4.30. The molecule has 0 saturated carbocycles. The SMILES string of the molecule is CC.Cc1ccc(SN2CCCCC2)cn1. The first kappa shape index (κ1) is 13.5. The summed E-state index contributed by atoms with van der Waals surface area (Å²) >= 11 is 1.84. The monoisotopic (exact) mass is 238 g/mol. The predicted molar refractivity (Wildman–Crippen MR) is 71.6 cm³/mol. The molecule has 1 fully saturated rings. The van der Waals surface area contributed by atoms with Crippen molar-refractivity contribution in [3.63, 3.8) is 0 Å². The molecule has 90 valence electrons. The van der Waals surface area contributed by atoms with E-state index in [9.17, 15) is 0 Å². The van der Waals surface area contributed by atoms with E-state index in [1.54, 1.807) is 0 Å². The van der Waals surface area contributed by atoms with Crippen molar-refractivity contribution in [3.05, 3.63) is 24.0 Å². The van der Waals surface area contributed by atoms with E-state index in [2.05, 4.69) is 21.4 Å². The Morgan fingerprint density at radius 1 is 1.12 bits per heavy atom. The zero-order valence-electron chi connectivity index (χ0n) is 10.6. The zero-order valence-corrected chi connectivity index (χ0v) is 11.4. The van der Waals surface area contributed by atoms with Crippen LogP contribution in [0.5, 0.6) is 0 Å². The molecule has 1 aromatic heterocycles. The van der Waals surface area contributed by atoms with E-state index in [-0.39, 0.29) is 0 Å². The fraction of sp³-hybridized carbons (Fsp3) is 0.615. The highest BCUT2D eigenvalue weighted by Crippen LogP contribution is 2.25. The lowest BCUT2D eigenvalue weighted by Gasteiger charge is -2.24. The number of hydrogen-bond acceptors (Lipinski definition) is 3. The Hall–Kier alpha value is -0.540. The molecule has 0 aliphatic carbocycles. The highest BCUT2D eigenvalue weighted by Gasteiger charge is 2.10. The van der Waals surface area contributed by atoms with Gasteiger partial charge >= 0.3 is 0 Å². The number of nitrogens with zero attached hydrogens (tertiary/aromatic N) is 2. The molecule has 0 radical (unpaired) electrons. The van der Waals surface area contributed by atoms with Gasteiger partial charge in [0.1, 0.15) is 0 Å². The second kappa shape index (κ2) is 7.69. The van der Waals surface area contributed by atoms with Gasteiger partial charge in [-0.05, 0) is 43.8 Å². The fourth-order valence-electron chi connectivity index (χ4n) is 1.61. The molecule has 0 N–H and O–H groups in total. The van der Waals surface area contributed by atoms with Crippen LogP contribution in [0, 0.1) is 6.92 Å². The third kappa shape index (κ3) is 4.54. The van der Waals surface area contributed by atoms with Crippen molar-refractivity contribution < 1.29 is 0 Å². The third-order valence-electron chi connectivity index (χ3n) is 2.43. The minimum absolute atomic E-state index is 1.09. The lowest BCUT2D eigenvalue weighted by Crippen LogP contribution is -2.22. The standard InChI is InChI=1S/C11H16N2S.C2H6/c1-10-5-6-11(9-12-10)14-13-7-3-2-4-8-13;1-2/h5-6,9H,2-4,7-8H2,1H3;1-2H3. The molecule has 2 heterocycles. The third-order valence-corrected chi connectivity index (χ3v) is 3.51. The van der Waals surface area contributed by atoms with Crippen LogP contribution >= 0.6 is 11.9 Å². The average molecular weight is 238 g/mol. The van der Waals surface area contributed by atoms with E-state index >= 15 is 0 Å². The number of aryl methyl sites for hydroxylation is 1. The van der Waals surface area contributed by atoms with E-state index in [1.165, 1.54) is 37.2 Å². The summed E-state index contributed by atoms with van der Waals surface area (Å²) in [6, 6.07) is 4.23. The predicted octanol–water partition coefficient (Wildman–Crippen LogP) is 3.91. The number of pyridine rings is 1. The zero-order chi connectivity index (χ0) is 11.8. The largest absolute Gasteiger partial charge is 0.260 e. The molecular weight excluding hydrogens is 216 g/mol. The summed E-state index contributed by atoms with van der Waals surface area (Å²) in [5.74, 6) is 0. The van der Waals surface area contributed by atoms with E-state index in [4.69, 9.17) is 0 Å². The van der Waals surface area contributed by atoms with Crippen LogP contribution in [-0.2, 0) is 0 Å². The van der Waals surface area contributed by atoms with E-state index in [1.807, 2.05) is 38.9 Å². The van der Waals surface area contributed by atoms with Crippen molar-refractivity contribution in [2.45, 2.75) is 44.9 Å². The van der Waals surface area contributed by atoms with E-state index in [0.29, 0.717) is 0 Å². The van der Waals surface area contributed by atoms with Gasteiger partial charge in [-0.15, -0.1) is 0 Å². The average Bonchev–Trinajstić information content (AvgIpc) is 2.36. The number of aromatic nitrogens is 1. The van der Waals surface area contributed by atoms with Crippen LogP contribution in [0.4, 0.5) is 0 Å². The minimum Gasteiger partial charge on any atom is -0.260 e. The maximum absolute atomic E-state index is 4.30. The van der Waals surface area contributed by atoms with E-state index < -0.39 is 0 Å². The lowest BCUT2D eigenvalue weighted by atomic mass is 10.2. The van der Waals surface area contributed by atoms with Gasteiger partial charge in [0.25, 0.3) is 0 Å². The van der Waals surface area contributed by atoms with Crippen LogP contribution in [0.2, 0.25) is 0 Å². The maximum Gasteiger partial charge on any atom is 0.0420 e. The molecule has 1 aromatic rings. The second-order valence-corrected chi connectivity index (χ2v) is 4.89. The van der Waals surface area contributed by atoms with E-state index in [0.717, 1.165) is 5.69 Å². The van der Waals surface area contributed by atoms with Gasteiger partial charge in [0.15, 0.2) is 0 Å². The van der Waals surface area contributed by atoms with Crippen LogP contribution in [0.1, 0.15) is 38.8 Å². The molecular formula is C13H22N2S. The van der Waals surface area contributed by atoms with Crippen LogP contribution in [0.3, 0.4) is 0 Å². The number of hydrogen-bond donors (Lipinski definition) is 0. The smallest absolute Gasteiger partial charge is 0.0420 e. The molecule has 1 aliphatic rings. The molecule has 0 bridgehead atoms. The fourth-order valence-corrected chi connectivity index (χ4v) is 2.58. The van der Waals surface area contributed by atoms with Gasteiger partial charge in [-0.3, -0.25) is 4.98 Å². The summed E-state index contributed by atoms with van der Waals surface area (Å²) in [5.41, 5.74) is 1.09. The Kier molecular flexibility index (Phi) is 6.50. The molecule has 16 heavy (non-hydrogen) atoms. The highest BCUT2D eigenvalue weighted by molar-refractivity contribution is 7.97. The number of piperidine rings is 1. The Labute approximate surface area is 104 Å². The Morgan fingerprint density at radius 3 is 2.38 bits per heavy atom. The quantitative estimate of drug-likeness (QED) is 0.727. The van der Waals surface area contributed by atoms with Crippen LogP contribution in [-0.4, -0.2) is 22.4 Å². The first-order chi connectivity index (χ1) is 7.84. The molecule has 0 aromatic carbocycles. The second-order valence-electron chi connectivity index (χ2n) is 3.72. The van der Waals surface area contributed by atoms with Gasteiger partial charge < -0.3 is 0 Å². The summed E-state index contributed by atoms with van der Waals surface area (Å²) in [6.45, 7) is 8.46. The van der Waals surface area contributed by atoms with Gasteiger partial charge in [0, 0.05) is 29.9 Å². The summed E-state index contributed by atoms with van der Waals surface area (Å²) in [4.78, 5) is 5.56. The van der Waals surface area contributed by atoms with Crippen molar-refractivity contribution >= 4 is 11.9 Å². The summed E-state index contributed by atoms with van der Waals surface area (Å²) < 4.78 is 2.44. The van der Waals surface area contributed by atoms with Crippen LogP contribution < -0.4 is 0 Å². The molecule has 1 aliphatic heterocycles. The first-order valence-electron chi connectivity index (χ1n) is 6.20. The lowest BCUT2D eigenvalue weighted by molar-refractivity contribution is 0.380. The van der Waals surface area contributed by atoms with Gasteiger partial charge in [-0.2, -0.15) is 0 Å². The summed E-state index contributed by atoms with van der Waals surface area (Å²) in [7, 11) is 0. The topological polar surface area (TPSA) is 16.1 Å². The van der Waals surface area contributed by atoms with Gasteiger partial charge in [-0.1, -0.05) is 20.3 Å².